The Morgan fingerprint density at radius 1 is 1.21 bits per heavy atom. The number of carbonyl (C=O) groups is 3. The number of nitrogens with one attached hydrogen (secondary N) is 1. The van der Waals surface area contributed by atoms with Crippen molar-refractivity contribution in [2.45, 2.75) is 12.8 Å². The summed E-state index contributed by atoms with van der Waals surface area (Å²) in [6, 6.07) is 8.79. The summed E-state index contributed by atoms with van der Waals surface area (Å²) < 4.78 is 10.1. The van der Waals surface area contributed by atoms with E-state index in [1.165, 1.54) is 56.1 Å². The first-order chi connectivity index (χ1) is 16.4. The standard InChI is InChI=1S/C24H21N3O7/c1-3-34-24(30)22-19(9-10-20(28)16-7-5-11-25-13-16)26-14-18(23(29)33-2)21(22)15-6-4-8-17(12-15)27(31)32/h4-14,21,26H,3H2,1-2H3/b10-9+. The van der Waals surface area contributed by atoms with Gasteiger partial charge in [0.25, 0.3) is 5.69 Å². The normalized spacial score (nSPS) is 15.4. The Labute approximate surface area is 194 Å². The first-order valence-electron chi connectivity index (χ1n) is 10.2. The maximum absolute atomic E-state index is 13.0. The fourth-order valence-corrected chi connectivity index (χ4v) is 3.42. The van der Waals surface area contributed by atoms with Gasteiger partial charge in [-0.2, -0.15) is 0 Å². The minimum absolute atomic E-state index is 0.000449. The number of methoxy groups -OCH3 is 1. The predicted octanol–water partition coefficient (Wildman–Crippen LogP) is 2.99. The highest BCUT2D eigenvalue weighted by molar-refractivity contribution is 6.05. The van der Waals surface area contributed by atoms with Crippen molar-refractivity contribution in [3.8, 4) is 0 Å². The number of rotatable bonds is 8. The SMILES string of the molecule is CCOC(=O)C1=C(/C=C/C(=O)c2cccnc2)NC=C(C(=O)OC)C1c1cccc([N+](=O)[O-])c1. The van der Waals surface area contributed by atoms with Crippen molar-refractivity contribution in [3.63, 3.8) is 0 Å². The third-order valence-electron chi connectivity index (χ3n) is 4.95. The molecule has 0 spiro atoms. The highest BCUT2D eigenvalue weighted by Gasteiger charge is 2.36. The van der Waals surface area contributed by atoms with Gasteiger partial charge < -0.3 is 14.8 Å². The molecule has 10 nitrogen and oxygen atoms in total. The molecule has 1 N–H and O–H groups in total. The van der Waals surface area contributed by atoms with Gasteiger partial charge in [0.1, 0.15) is 0 Å². The highest BCUT2D eigenvalue weighted by atomic mass is 16.6. The van der Waals surface area contributed by atoms with Crippen molar-refractivity contribution in [1.29, 1.82) is 0 Å². The quantitative estimate of drug-likeness (QED) is 0.206. The van der Waals surface area contributed by atoms with Gasteiger partial charge >= 0.3 is 11.9 Å². The summed E-state index contributed by atoms with van der Waals surface area (Å²) in [5.41, 5.74) is 0.670. The number of hydrogen-bond acceptors (Lipinski definition) is 9. The van der Waals surface area contributed by atoms with E-state index in [4.69, 9.17) is 9.47 Å². The van der Waals surface area contributed by atoms with Gasteiger partial charge in [0.05, 0.1) is 35.7 Å². The first kappa shape index (κ1) is 24.1. The van der Waals surface area contributed by atoms with Crippen LogP contribution in [0.5, 0.6) is 0 Å². The van der Waals surface area contributed by atoms with Gasteiger partial charge in [-0.3, -0.25) is 19.9 Å². The summed E-state index contributed by atoms with van der Waals surface area (Å²) in [7, 11) is 1.18. The molecule has 0 radical (unpaired) electrons. The highest BCUT2D eigenvalue weighted by Crippen LogP contribution is 2.38. The number of hydrogen-bond donors (Lipinski definition) is 1. The molecule has 1 unspecified atom stereocenters. The minimum atomic E-state index is -1.04. The molecule has 1 aromatic carbocycles. The Bertz CT molecular complexity index is 1220. The van der Waals surface area contributed by atoms with Gasteiger partial charge in [0.2, 0.25) is 0 Å². The van der Waals surface area contributed by atoms with Crippen LogP contribution in [0.3, 0.4) is 0 Å². The van der Waals surface area contributed by atoms with E-state index in [1.54, 1.807) is 25.1 Å². The van der Waals surface area contributed by atoms with E-state index in [0.29, 0.717) is 11.1 Å². The van der Waals surface area contributed by atoms with Crippen LogP contribution in [-0.4, -0.2) is 41.3 Å². The van der Waals surface area contributed by atoms with Crippen molar-refractivity contribution in [2.24, 2.45) is 0 Å². The number of dihydropyridines is 1. The van der Waals surface area contributed by atoms with Crippen LogP contribution in [0.1, 0.15) is 28.8 Å². The number of pyridine rings is 1. The van der Waals surface area contributed by atoms with Crippen LogP contribution in [-0.2, 0) is 19.1 Å². The number of allylic oxidation sites excluding steroid dienone is 2. The van der Waals surface area contributed by atoms with Crippen LogP contribution in [0, 0.1) is 10.1 Å². The van der Waals surface area contributed by atoms with Crippen molar-refractivity contribution in [2.75, 3.05) is 13.7 Å². The zero-order valence-corrected chi connectivity index (χ0v) is 18.4. The Morgan fingerprint density at radius 3 is 2.65 bits per heavy atom. The molecule has 2 heterocycles. The molecule has 0 amide bonds. The molecule has 1 aliphatic rings. The number of benzene rings is 1. The van der Waals surface area contributed by atoms with Gasteiger partial charge in [-0.25, -0.2) is 9.59 Å². The summed E-state index contributed by atoms with van der Waals surface area (Å²) >= 11 is 0. The second-order valence-corrected chi connectivity index (χ2v) is 7.01. The zero-order valence-electron chi connectivity index (χ0n) is 18.4. The van der Waals surface area contributed by atoms with Crippen LogP contribution in [0.2, 0.25) is 0 Å². The topological polar surface area (TPSA) is 138 Å². The molecular formula is C24H21N3O7. The number of nitro benzene ring substituents is 1. The number of ether oxygens (including phenoxy) is 2. The molecule has 0 aliphatic carbocycles. The van der Waals surface area contributed by atoms with Crippen LogP contribution >= 0.6 is 0 Å². The Balaban J connectivity index is 2.15. The lowest BCUT2D eigenvalue weighted by Gasteiger charge is -2.27. The number of nitro groups is 1. The second kappa shape index (κ2) is 10.8. The molecule has 0 saturated heterocycles. The minimum Gasteiger partial charge on any atom is -0.466 e. The Morgan fingerprint density at radius 2 is 2.00 bits per heavy atom. The Hall–Kier alpha value is -4.60. The third kappa shape index (κ3) is 5.23. The number of ketones is 1. The van der Waals surface area contributed by atoms with Crippen molar-refractivity contribution in [3.05, 3.63) is 105 Å². The number of carbonyl (C=O) groups excluding carboxylic acids is 3. The molecule has 2 aromatic rings. The van der Waals surface area contributed by atoms with E-state index in [-0.39, 0.29) is 34.9 Å². The summed E-state index contributed by atoms with van der Waals surface area (Å²) in [5.74, 6) is -2.89. The van der Waals surface area contributed by atoms with Gasteiger partial charge in [0, 0.05) is 42.0 Å². The van der Waals surface area contributed by atoms with Gasteiger partial charge in [-0.1, -0.05) is 12.1 Å². The van der Waals surface area contributed by atoms with Crippen LogP contribution in [0.4, 0.5) is 5.69 Å². The maximum atomic E-state index is 13.0. The van der Waals surface area contributed by atoms with E-state index >= 15 is 0 Å². The largest absolute Gasteiger partial charge is 0.466 e. The second-order valence-electron chi connectivity index (χ2n) is 7.01. The number of aromatic nitrogens is 1. The lowest BCUT2D eigenvalue weighted by atomic mass is 9.81. The van der Waals surface area contributed by atoms with Crippen LogP contribution in [0.15, 0.2) is 84.0 Å². The molecule has 1 aromatic heterocycles. The van der Waals surface area contributed by atoms with E-state index in [0.717, 1.165) is 0 Å². The molecule has 0 fully saturated rings. The van der Waals surface area contributed by atoms with E-state index in [2.05, 4.69) is 10.3 Å². The predicted molar refractivity (Wildman–Crippen MR) is 120 cm³/mol. The average molecular weight is 463 g/mol. The van der Waals surface area contributed by atoms with Crippen LogP contribution in [0.25, 0.3) is 0 Å². The van der Waals surface area contributed by atoms with Crippen molar-refractivity contribution < 1.29 is 28.8 Å². The molecule has 3 rings (SSSR count). The Kier molecular flexibility index (Phi) is 7.65. The smallest absolute Gasteiger partial charge is 0.337 e. The summed E-state index contributed by atoms with van der Waals surface area (Å²) in [6.45, 7) is 1.67. The lowest BCUT2D eigenvalue weighted by molar-refractivity contribution is -0.384. The molecule has 0 bridgehead atoms. The van der Waals surface area contributed by atoms with Crippen molar-refractivity contribution in [1.82, 2.24) is 10.3 Å². The average Bonchev–Trinajstić information content (AvgIpc) is 2.86. The van der Waals surface area contributed by atoms with Gasteiger partial charge in [-0.05, 0) is 36.8 Å². The fourth-order valence-electron chi connectivity index (χ4n) is 3.42. The summed E-state index contributed by atoms with van der Waals surface area (Å²) in [4.78, 5) is 52.7. The first-order valence-corrected chi connectivity index (χ1v) is 10.2. The molecule has 174 valence electrons. The van der Waals surface area contributed by atoms with Crippen molar-refractivity contribution >= 4 is 23.4 Å². The maximum Gasteiger partial charge on any atom is 0.337 e. The van der Waals surface area contributed by atoms with Crippen LogP contribution < -0.4 is 5.32 Å². The summed E-state index contributed by atoms with van der Waals surface area (Å²) in [5, 5.41) is 14.2. The zero-order chi connectivity index (χ0) is 24.7. The number of nitrogens with zero attached hydrogens (tertiary/aromatic N) is 2. The van der Waals surface area contributed by atoms with E-state index < -0.39 is 22.8 Å². The lowest BCUT2D eigenvalue weighted by Crippen LogP contribution is -2.30. The number of esters is 2. The van der Waals surface area contributed by atoms with E-state index in [9.17, 15) is 24.5 Å². The molecule has 0 saturated carbocycles. The van der Waals surface area contributed by atoms with E-state index in [1.807, 2.05) is 0 Å². The number of non-ortho nitro benzene ring substituents is 1. The third-order valence-corrected chi connectivity index (χ3v) is 4.95. The van der Waals surface area contributed by atoms with Gasteiger partial charge in [0.15, 0.2) is 5.78 Å². The molecule has 1 aliphatic heterocycles. The monoisotopic (exact) mass is 463 g/mol. The fraction of sp³-hybridized carbons (Fsp3) is 0.167. The molecule has 34 heavy (non-hydrogen) atoms. The molecule has 10 heteroatoms. The molecule has 1 atom stereocenters. The molecular weight excluding hydrogens is 442 g/mol. The van der Waals surface area contributed by atoms with Gasteiger partial charge in [-0.15, -0.1) is 0 Å². The summed E-state index contributed by atoms with van der Waals surface area (Å²) in [6.07, 6.45) is 6.92.